The van der Waals surface area contributed by atoms with Crippen LogP contribution >= 0.6 is 0 Å². The van der Waals surface area contributed by atoms with Crippen molar-refractivity contribution in [2.45, 2.75) is 25.7 Å². The first kappa shape index (κ1) is 12.9. The van der Waals surface area contributed by atoms with Gasteiger partial charge in [0.05, 0.1) is 0 Å². The number of nitrogens with zero attached hydrogens (tertiary/aromatic N) is 1. The zero-order valence-electron chi connectivity index (χ0n) is 10.4. The van der Waals surface area contributed by atoms with Gasteiger partial charge in [-0.25, -0.2) is 4.39 Å². The molecule has 3 nitrogen and oxygen atoms in total. The highest BCUT2D eigenvalue weighted by Crippen LogP contribution is 2.13. The van der Waals surface area contributed by atoms with E-state index in [1.54, 1.807) is 12.1 Å². The van der Waals surface area contributed by atoms with E-state index in [4.69, 9.17) is 4.74 Å². The molecule has 0 atom stereocenters. The fraction of sp³-hybridized carbons (Fsp3) is 0.500. The van der Waals surface area contributed by atoms with Gasteiger partial charge in [0.25, 0.3) is 5.91 Å². The SMILES string of the molecule is O=C(COc1cccc(F)c1)N1CCCCCC1. The summed E-state index contributed by atoms with van der Waals surface area (Å²) in [5.74, 6) is 0.0362. The van der Waals surface area contributed by atoms with Crippen molar-refractivity contribution in [2.75, 3.05) is 19.7 Å². The van der Waals surface area contributed by atoms with Crippen LogP contribution in [0, 0.1) is 5.82 Å². The summed E-state index contributed by atoms with van der Waals surface area (Å²) in [4.78, 5) is 13.8. The Bertz CT molecular complexity index is 401. The molecule has 1 fully saturated rings. The number of carbonyl (C=O) groups excluding carboxylic acids is 1. The lowest BCUT2D eigenvalue weighted by Crippen LogP contribution is -2.35. The standard InChI is InChI=1S/C14H18FNO2/c15-12-6-5-7-13(10-12)18-11-14(17)16-8-3-1-2-4-9-16/h5-7,10H,1-4,8-9,11H2. The van der Waals surface area contributed by atoms with Gasteiger partial charge in [-0.05, 0) is 25.0 Å². The Morgan fingerprint density at radius 3 is 2.61 bits per heavy atom. The molecule has 1 aliphatic heterocycles. The third kappa shape index (κ3) is 3.72. The number of benzene rings is 1. The molecule has 0 unspecified atom stereocenters. The molecule has 0 N–H and O–H groups in total. The Morgan fingerprint density at radius 2 is 1.94 bits per heavy atom. The molecule has 0 radical (unpaired) electrons. The number of rotatable bonds is 3. The van der Waals surface area contributed by atoms with Crippen LogP contribution in [0.1, 0.15) is 25.7 Å². The summed E-state index contributed by atoms with van der Waals surface area (Å²) >= 11 is 0. The van der Waals surface area contributed by atoms with Crippen LogP contribution in [0.3, 0.4) is 0 Å². The van der Waals surface area contributed by atoms with Crippen molar-refractivity contribution in [2.24, 2.45) is 0 Å². The van der Waals surface area contributed by atoms with Crippen molar-refractivity contribution in [3.63, 3.8) is 0 Å². The number of halogens is 1. The second-order valence-corrected chi connectivity index (χ2v) is 4.54. The van der Waals surface area contributed by atoms with Crippen LogP contribution in [0.25, 0.3) is 0 Å². The summed E-state index contributed by atoms with van der Waals surface area (Å²) in [7, 11) is 0. The first-order chi connectivity index (χ1) is 8.75. The van der Waals surface area contributed by atoms with Crippen LogP contribution < -0.4 is 4.74 Å². The summed E-state index contributed by atoms with van der Waals surface area (Å²) in [6.45, 7) is 1.61. The first-order valence-electron chi connectivity index (χ1n) is 6.42. The van der Waals surface area contributed by atoms with Crippen LogP contribution in [0.5, 0.6) is 5.75 Å². The summed E-state index contributed by atoms with van der Waals surface area (Å²) in [5, 5.41) is 0. The maximum atomic E-state index is 12.9. The quantitative estimate of drug-likeness (QED) is 0.826. The van der Waals surface area contributed by atoms with Gasteiger partial charge in [-0.3, -0.25) is 4.79 Å². The predicted molar refractivity (Wildman–Crippen MR) is 66.9 cm³/mol. The summed E-state index contributed by atoms with van der Waals surface area (Å²) in [6, 6.07) is 5.86. The topological polar surface area (TPSA) is 29.5 Å². The lowest BCUT2D eigenvalue weighted by molar-refractivity contribution is -0.133. The van der Waals surface area contributed by atoms with Gasteiger partial charge >= 0.3 is 0 Å². The molecule has 1 amide bonds. The molecule has 1 aromatic carbocycles. The van der Waals surface area contributed by atoms with Gasteiger partial charge < -0.3 is 9.64 Å². The van der Waals surface area contributed by atoms with E-state index in [9.17, 15) is 9.18 Å². The first-order valence-corrected chi connectivity index (χ1v) is 6.42. The molecule has 98 valence electrons. The molecular formula is C14H18FNO2. The van der Waals surface area contributed by atoms with Gasteiger partial charge in [-0.2, -0.15) is 0 Å². The second-order valence-electron chi connectivity index (χ2n) is 4.54. The maximum absolute atomic E-state index is 12.9. The molecule has 0 aromatic heterocycles. The summed E-state index contributed by atoms with van der Waals surface area (Å²) in [6.07, 6.45) is 4.50. The van der Waals surface area contributed by atoms with Crippen molar-refractivity contribution in [3.05, 3.63) is 30.1 Å². The molecule has 1 aromatic rings. The molecular weight excluding hydrogens is 233 g/mol. The van der Waals surface area contributed by atoms with E-state index in [0.717, 1.165) is 25.9 Å². The Kier molecular flexibility index (Phi) is 4.56. The fourth-order valence-corrected chi connectivity index (χ4v) is 2.11. The summed E-state index contributed by atoms with van der Waals surface area (Å²) in [5.41, 5.74) is 0. The van der Waals surface area contributed by atoms with Crippen LogP contribution in [0.15, 0.2) is 24.3 Å². The minimum atomic E-state index is -0.352. The number of hydrogen-bond donors (Lipinski definition) is 0. The second kappa shape index (κ2) is 6.38. The number of hydrogen-bond acceptors (Lipinski definition) is 2. The van der Waals surface area contributed by atoms with Crippen molar-refractivity contribution in [1.82, 2.24) is 4.90 Å². The predicted octanol–water partition coefficient (Wildman–Crippen LogP) is 2.61. The highest BCUT2D eigenvalue weighted by molar-refractivity contribution is 5.77. The lowest BCUT2D eigenvalue weighted by atomic mass is 10.2. The average Bonchev–Trinajstić information content (AvgIpc) is 2.65. The normalized spacial score (nSPS) is 16.2. The maximum Gasteiger partial charge on any atom is 0.260 e. The zero-order valence-corrected chi connectivity index (χ0v) is 10.4. The highest BCUT2D eigenvalue weighted by atomic mass is 19.1. The van der Waals surface area contributed by atoms with Crippen LogP contribution in [-0.2, 0) is 4.79 Å². The molecule has 0 saturated carbocycles. The zero-order chi connectivity index (χ0) is 12.8. The molecule has 1 aliphatic rings. The van der Waals surface area contributed by atoms with Crippen LogP contribution in [-0.4, -0.2) is 30.5 Å². The monoisotopic (exact) mass is 251 g/mol. The number of amides is 1. The molecule has 1 saturated heterocycles. The van der Waals surface area contributed by atoms with Gasteiger partial charge in [-0.1, -0.05) is 18.9 Å². The van der Waals surface area contributed by atoms with Crippen LogP contribution in [0.2, 0.25) is 0 Å². The molecule has 0 bridgehead atoms. The van der Waals surface area contributed by atoms with E-state index in [1.807, 2.05) is 4.90 Å². The smallest absolute Gasteiger partial charge is 0.260 e. The van der Waals surface area contributed by atoms with Crippen LogP contribution in [0.4, 0.5) is 4.39 Å². The molecule has 4 heteroatoms. The third-order valence-corrected chi connectivity index (χ3v) is 3.12. The van der Waals surface area contributed by atoms with E-state index in [2.05, 4.69) is 0 Å². The number of carbonyl (C=O) groups is 1. The van der Waals surface area contributed by atoms with E-state index in [0.29, 0.717) is 5.75 Å². The van der Waals surface area contributed by atoms with E-state index in [-0.39, 0.29) is 18.3 Å². The van der Waals surface area contributed by atoms with Gasteiger partial charge in [0.15, 0.2) is 6.61 Å². The molecule has 0 aliphatic carbocycles. The Balaban J connectivity index is 1.83. The third-order valence-electron chi connectivity index (χ3n) is 3.12. The molecule has 18 heavy (non-hydrogen) atoms. The van der Waals surface area contributed by atoms with Crippen molar-refractivity contribution in [3.8, 4) is 5.75 Å². The Labute approximate surface area is 107 Å². The number of ether oxygens (including phenoxy) is 1. The van der Waals surface area contributed by atoms with E-state index in [1.165, 1.54) is 25.0 Å². The average molecular weight is 251 g/mol. The minimum Gasteiger partial charge on any atom is -0.484 e. The van der Waals surface area contributed by atoms with Crippen molar-refractivity contribution >= 4 is 5.91 Å². The van der Waals surface area contributed by atoms with Gasteiger partial charge in [0.2, 0.25) is 0 Å². The molecule has 1 heterocycles. The van der Waals surface area contributed by atoms with Gasteiger partial charge in [-0.15, -0.1) is 0 Å². The number of likely N-dealkylation sites (tertiary alicyclic amines) is 1. The van der Waals surface area contributed by atoms with Gasteiger partial charge in [0, 0.05) is 19.2 Å². The molecule has 2 rings (SSSR count). The van der Waals surface area contributed by atoms with E-state index < -0.39 is 0 Å². The Morgan fingerprint density at radius 1 is 1.22 bits per heavy atom. The van der Waals surface area contributed by atoms with Crippen molar-refractivity contribution < 1.29 is 13.9 Å². The largest absolute Gasteiger partial charge is 0.484 e. The minimum absolute atomic E-state index is 0.0105. The highest BCUT2D eigenvalue weighted by Gasteiger charge is 2.15. The van der Waals surface area contributed by atoms with Crippen molar-refractivity contribution in [1.29, 1.82) is 0 Å². The Hall–Kier alpha value is -1.58. The lowest BCUT2D eigenvalue weighted by Gasteiger charge is -2.20. The van der Waals surface area contributed by atoms with E-state index >= 15 is 0 Å². The fourth-order valence-electron chi connectivity index (χ4n) is 2.11. The van der Waals surface area contributed by atoms with Gasteiger partial charge in [0.1, 0.15) is 11.6 Å². The summed E-state index contributed by atoms with van der Waals surface area (Å²) < 4.78 is 18.2. The molecule has 0 spiro atoms.